The molecule has 0 radical (unpaired) electrons. The molecule has 2 aromatic carbocycles. The third-order valence-corrected chi connectivity index (χ3v) is 12.7. The summed E-state index contributed by atoms with van der Waals surface area (Å²) in [6.07, 6.45) is 6.71. The first-order chi connectivity index (χ1) is 28.7. The number of aryl methyl sites for hydroxylation is 1. The lowest BCUT2D eigenvalue weighted by Gasteiger charge is -2.37. The second-order valence-electron chi connectivity index (χ2n) is 17.7. The molecule has 4 atom stereocenters. The summed E-state index contributed by atoms with van der Waals surface area (Å²) in [7, 11) is 3.32. The van der Waals surface area contributed by atoms with Crippen LogP contribution in [0.2, 0.25) is 0 Å². The molecule has 1 aliphatic carbocycles. The van der Waals surface area contributed by atoms with Gasteiger partial charge >= 0.3 is 5.97 Å². The molecular formula is C47H60N6O7. The zero-order chi connectivity index (χ0) is 42.9. The molecule has 2 aliphatic heterocycles. The number of hydrogen-bond acceptors (Lipinski definition) is 9. The van der Waals surface area contributed by atoms with Crippen LogP contribution in [0.5, 0.6) is 5.75 Å². The molecule has 4 aromatic rings. The van der Waals surface area contributed by atoms with E-state index < -0.39 is 41.3 Å². The molecule has 60 heavy (non-hydrogen) atoms. The number of aromatic nitrogens is 2. The number of nitrogens with one attached hydrogen (secondary N) is 2. The summed E-state index contributed by atoms with van der Waals surface area (Å²) in [4.78, 5) is 61.6. The smallest absolute Gasteiger partial charge is 0.324 e. The van der Waals surface area contributed by atoms with Crippen molar-refractivity contribution in [2.45, 2.75) is 117 Å². The number of phenols is 1. The minimum absolute atomic E-state index is 0.0234. The summed E-state index contributed by atoms with van der Waals surface area (Å²) >= 11 is 0. The number of hydrogen-bond donors (Lipinski definition) is 3. The number of esters is 1. The normalized spacial score (nSPS) is 20.9. The average molecular weight is 821 g/mol. The Balaban J connectivity index is 1.37. The van der Waals surface area contributed by atoms with E-state index in [2.05, 4.69) is 54.3 Å². The molecule has 13 heteroatoms. The van der Waals surface area contributed by atoms with E-state index in [9.17, 15) is 24.3 Å². The van der Waals surface area contributed by atoms with Gasteiger partial charge in [0.2, 0.25) is 11.8 Å². The highest BCUT2D eigenvalue weighted by atomic mass is 16.5. The molecule has 3 aliphatic rings. The first-order valence-electron chi connectivity index (χ1n) is 21.4. The van der Waals surface area contributed by atoms with E-state index in [1.807, 2.05) is 25.1 Å². The van der Waals surface area contributed by atoms with Crippen molar-refractivity contribution >= 4 is 34.6 Å². The number of fused-ring (bicyclic) bond motifs is 6. The number of carbonyl (C=O) groups excluding carboxylic acids is 4. The van der Waals surface area contributed by atoms with Crippen molar-refractivity contribution in [2.75, 3.05) is 27.3 Å². The van der Waals surface area contributed by atoms with Gasteiger partial charge in [0.15, 0.2) is 0 Å². The van der Waals surface area contributed by atoms with Crippen LogP contribution in [0.25, 0.3) is 33.3 Å². The van der Waals surface area contributed by atoms with E-state index in [-0.39, 0.29) is 36.7 Å². The van der Waals surface area contributed by atoms with E-state index in [0.29, 0.717) is 37.9 Å². The standard InChI is InChI=1S/C47H60N6O7/c1-8-52-40-18-17-32-25-36(40)37(43(52)35-15-11-19-48-41(35)28(2)59-7)26-47(4,5)27-60-46(58)38-16-12-20-53(50-38)45(57)39(23-30-21-33(32)24-34(55)22-30)49-44(56)42(51(6)29(3)54)31-13-9-10-14-31/h11,15,17-19,21-22,24-25,28,31,38-39,42,50,55H,8-10,12-14,16,20,23,26-27H2,1-7H3,(H,49,56)/t28-,38-,39-,42-/m0/s1. The van der Waals surface area contributed by atoms with Gasteiger partial charge in [0, 0.05) is 68.7 Å². The van der Waals surface area contributed by atoms with Gasteiger partial charge in [-0.25, -0.2) is 5.43 Å². The van der Waals surface area contributed by atoms with Gasteiger partial charge in [0.25, 0.3) is 5.91 Å². The third-order valence-electron chi connectivity index (χ3n) is 12.7. The Morgan fingerprint density at radius 3 is 2.57 bits per heavy atom. The van der Waals surface area contributed by atoms with Crippen LogP contribution in [-0.4, -0.2) is 93.7 Å². The predicted molar refractivity (Wildman–Crippen MR) is 230 cm³/mol. The summed E-state index contributed by atoms with van der Waals surface area (Å²) in [6, 6.07) is 13.0. The van der Waals surface area contributed by atoms with Crippen molar-refractivity contribution in [1.29, 1.82) is 0 Å². The van der Waals surface area contributed by atoms with Gasteiger partial charge in [-0.1, -0.05) is 38.8 Å². The topological polar surface area (TPSA) is 155 Å². The van der Waals surface area contributed by atoms with E-state index in [1.165, 1.54) is 16.8 Å². The highest BCUT2D eigenvalue weighted by Crippen LogP contribution is 2.42. The monoisotopic (exact) mass is 820 g/mol. The van der Waals surface area contributed by atoms with Crippen LogP contribution in [-0.2, 0) is 48.0 Å². The maximum Gasteiger partial charge on any atom is 0.324 e. The molecular weight excluding hydrogens is 761 g/mol. The molecule has 6 bridgehead atoms. The van der Waals surface area contributed by atoms with Crippen LogP contribution in [0.4, 0.5) is 0 Å². The van der Waals surface area contributed by atoms with Gasteiger partial charge in [-0.15, -0.1) is 0 Å². The number of ether oxygens (including phenoxy) is 2. The van der Waals surface area contributed by atoms with Crippen molar-refractivity contribution in [3.05, 3.63) is 71.5 Å². The Morgan fingerprint density at radius 2 is 1.85 bits per heavy atom. The maximum absolute atomic E-state index is 14.6. The van der Waals surface area contributed by atoms with E-state index in [4.69, 9.17) is 14.5 Å². The summed E-state index contributed by atoms with van der Waals surface area (Å²) in [5.41, 5.74) is 9.78. The van der Waals surface area contributed by atoms with Gasteiger partial charge in [-0.05, 0) is 111 Å². The zero-order valence-electron chi connectivity index (χ0n) is 36.0. The van der Waals surface area contributed by atoms with Crippen molar-refractivity contribution in [3.63, 3.8) is 0 Å². The Labute approximate surface area is 352 Å². The van der Waals surface area contributed by atoms with Crippen LogP contribution in [0.3, 0.4) is 0 Å². The van der Waals surface area contributed by atoms with Gasteiger partial charge in [0.1, 0.15) is 23.9 Å². The number of methoxy groups -OCH3 is 1. The second kappa shape index (κ2) is 17.8. The first-order valence-corrected chi connectivity index (χ1v) is 21.4. The SMILES string of the molecule is CCn1c(-c2cccnc2[C@H](C)OC)c2c3cc(ccc31)-c1cc(O)cc(c1)C[C@H](NC(=O)[C@H](C1CCCC1)N(C)C(C)=O)C(=O)N1CCC[C@H](N1)C(=O)OCC(C)(C)C2. The average Bonchev–Trinajstić information content (AvgIpc) is 3.87. The molecule has 1 saturated carbocycles. The Kier molecular flexibility index (Phi) is 12.7. The van der Waals surface area contributed by atoms with Crippen molar-refractivity contribution in [3.8, 4) is 28.1 Å². The number of amides is 3. The molecule has 7 rings (SSSR count). The second-order valence-corrected chi connectivity index (χ2v) is 17.7. The number of cyclic esters (lactones) is 1. The lowest BCUT2D eigenvalue weighted by atomic mass is 9.84. The fourth-order valence-corrected chi connectivity index (χ4v) is 9.50. The highest BCUT2D eigenvalue weighted by molar-refractivity contribution is 5.96. The summed E-state index contributed by atoms with van der Waals surface area (Å²) in [5.74, 6) is -1.51. The third kappa shape index (κ3) is 8.79. The van der Waals surface area contributed by atoms with Crippen molar-refractivity contribution in [1.82, 2.24) is 30.2 Å². The fraction of sp³-hybridized carbons (Fsp3) is 0.511. The Hall–Kier alpha value is -5.27. The fourth-order valence-electron chi connectivity index (χ4n) is 9.50. The molecule has 13 nitrogen and oxygen atoms in total. The Bertz CT molecular complexity index is 2260. The van der Waals surface area contributed by atoms with Crippen LogP contribution >= 0.6 is 0 Å². The predicted octanol–water partition coefficient (Wildman–Crippen LogP) is 6.49. The number of benzene rings is 2. The number of aromatic hydroxyl groups is 1. The molecule has 2 aromatic heterocycles. The van der Waals surface area contributed by atoms with Crippen LogP contribution in [0.15, 0.2) is 54.7 Å². The molecule has 3 amide bonds. The van der Waals surface area contributed by atoms with E-state index in [0.717, 1.165) is 70.2 Å². The number of likely N-dealkylation sites (N-methyl/N-ethyl adjacent to an activating group) is 1. The van der Waals surface area contributed by atoms with Crippen molar-refractivity contribution in [2.24, 2.45) is 11.3 Å². The summed E-state index contributed by atoms with van der Waals surface area (Å²) in [5, 5.41) is 16.7. The van der Waals surface area contributed by atoms with E-state index in [1.54, 1.807) is 32.5 Å². The summed E-state index contributed by atoms with van der Waals surface area (Å²) in [6.45, 7) is 10.9. The number of carbonyl (C=O) groups is 4. The molecule has 4 heterocycles. The maximum atomic E-state index is 14.6. The lowest BCUT2D eigenvalue weighted by molar-refractivity contribution is -0.155. The van der Waals surface area contributed by atoms with Crippen LogP contribution in [0.1, 0.15) is 96.1 Å². The molecule has 0 spiro atoms. The minimum Gasteiger partial charge on any atom is -0.508 e. The van der Waals surface area contributed by atoms with Gasteiger partial charge in [-0.3, -0.25) is 29.2 Å². The Morgan fingerprint density at radius 1 is 1.08 bits per heavy atom. The number of nitrogens with zero attached hydrogens (tertiary/aromatic N) is 4. The van der Waals surface area contributed by atoms with Crippen molar-refractivity contribution < 1.29 is 33.8 Å². The van der Waals surface area contributed by atoms with Crippen LogP contribution < -0.4 is 10.7 Å². The molecule has 2 fully saturated rings. The number of rotatable bonds is 8. The van der Waals surface area contributed by atoms with Gasteiger partial charge in [-0.2, -0.15) is 0 Å². The van der Waals surface area contributed by atoms with Crippen LogP contribution in [0, 0.1) is 11.3 Å². The lowest BCUT2D eigenvalue weighted by Crippen LogP contribution is -2.62. The first kappa shape index (κ1) is 42.8. The molecule has 1 saturated heterocycles. The minimum atomic E-state index is -1.07. The van der Waals surface area contributed by atoms with Gasteiger partial charge in [0.05, 0.1) is 24.1 Å². The largest absolute Gasteiger partial charge is 0.508 e. The number of pyridine rings is 1. The zero-order valence-corrected chi connectivity index (χ0v) is 36.0. The molecule has 3 N–H and O–H groups in total. The molecule has 320 valence electrons. The number of phenolic OH excluding ortho intramolecular Hbond substituents is 1. The van der Waals surface area contributed by atoms with Gasteiger partial charge < -0.3 is 29.4 Å². The molecule has 0 unspecified atom stereocenters. The van der Waals surface area contributed by atoms with E-state index >= 15 is 0 Å². The highest BCUT2D eigenvalue weighted by Gasteiger charge is 2.39. The number of hydrazine groups is 1. The quantitative estimate of drug-likeness (QED) is 0.169. The summed E-state index contributed by atoms with van der Waals surface area (Å²) < 4.78 is 14.2.